The van der Waals surface area contributed by atoms with Crippen molar-refractivity contribution in [2.75, 3.05) is 20.6 Å². The predicted molar refractivity (Wildman–Crippen MR) is 45.0 cm³/mol. The van der Waals surface area contributed by atoms with E-state index in [-0.39, 0.29) is 0 Å². The molecule has 0 heterocycles. The second kappa shape index (κ2) is 3.77. The lowest BCUT2D eigenvalue weighted by Crippen LogP contribution is -2.21. The molecule has 0 fully saturated rings. The molecule has 0 bridgehead atoms. The quantitative estimate of drug-likeness (QED) is 0.528. The molecule has 0 aromatic heterocycles. The SMILES string of the molecule is CN(C)CC1C=CCCC1. The van der Waals surface area contributed by atoms with Crippen LogP contribution in [0.15, 0.2) is 12.2 Å². The van der Waals surface area contributed by atoms with Crippen molar-refractivity contribution in [1.29, 1.82) is 0 Å². The number of nitrogens with zero attached hydrogens (tertiary/aromatic N) is 1. The molecular weight excluding hydrogens is 122 g/mol. The summed E-state index contributed by atoms with van der Waals surface area (Å²) in [6.07, 6.45) is 8.74. The van der Waals surface area contributed by atoms with E-state index < -0.39 is 0 Å². The molecule has 10 heavy (non-hydrogen) atoms. The normalized spacial score (nSPS) is 25.7. The van der Waals surface area contributed by atoms with Crippen LogP contribution in [0, 0.1) is 5.92 Å². The van der Waals surface area contributed by atoms with Gasteiger partial charge < -0.3 is 4.90 Å². The van der Waals surface area contributed by atoms with Gasteiger partial charge in [-0.1, -0.05) is 12.2 Å². The lowest BCUT2D eigenvalue weighted by Gasteiger charge is -2.19. The maximum Gasteiger partial charge on any atom is 0.00382 e. The van der Waals surface area contributed by atoms with Crippen LogP contribution < -0.4 is 0 Å². The van der Waals surface area contributed by atoms with Crippen molar-refractivity contribution in [1.82, 2.24) is 4.90 Å². The fourth-order valence-electron chi connectivity index (χ4n) is 1.50. The molecule has 58 valence electrons. The Morgan fingerprint density at radius 2 is 2.30 bits per heavy atom. The van der Waals surface area contributed by atoms with Crippen molar-refractivity contribution in [3.63, 3.8) is 0 Å². The Kier molecular flexibility index (Phi) is 2.94. The number of allylic oxidation sites excluding steroid dienone is 1. The molecule has 0 aromatic carbocycles. The molecule has 0 N–H and O–H groups in total. The van der Waals surface area contributed by atoms with E-state index in [1.54, 1.807) is 0 Å². The molecule has 0 aromatic rings. The van der Waals surface area contributed by atoms with Crippen LogP contribution in [0.3, 0.4) is 0 Å². The first-order chi connectivity index (χ1) is 4.79. The molecule has 1 nitrogen and oxygen atoms in total. The van der Waals surface area contributed by atoms with Gasteiger partial charge in [0.15, 0.2) is 0 Å². The Labute approximate surface area is 63.7 Å². The molecule has 0 spiro atoms. The molecular formula is C9H17N. The maximum atomic E-state index is 2.36. The second-order valence-electron chi connectivity index (χ2n) is 3.38. The molecule has 0 saturated carbocycles. The third-order valence-electron chi connectivity index (χ3n) is 1.95. The van der Waals surface area contributed by atoms with Gasteiger partial charge in [-0.2, -0.15) is 0 Å². The molecule has 0 amide bonds. The van der Waals surface area contributed by atoms with E-state index in [0.717, 1.165) is 5.92 Å². The number of hydrogen-bond donors (Lipinski definition) is 0. The Bertz CT molecular complexity index is 116. The van der Waals surface area contributed by atoms with E-state index in [4.69, 9.17) is 0 Å². The van der Waals surface area contributed by atoms with Crippen molar-refractivity contribution in [2.45, 2.75) is 19.3 Å². The highest BCUT2D eigenvalue weighted by atomic mass is 15.1. The predicted octanol–water partition coefficient (Wildman–Crippen LogP) is 1.90. The summed E-state index contributed by atoms with van der Waals surface area (Å²) in [6, 6.07) is 0. The molecule has 1 atom stereocenters. The van der Waals surface area contributed by atoms with Crippen LogP contribution >= 0.6 is 0 Å². The first-order valence-electron chi connectivity index (χ1n) is 4.10. The van der Waals surface area contributed by atoms with E-state index in [0.29, 0.717) is 0 Å². The summed E-state index contributed by atoms with van der Waals surface area (Å²) < 4.78 is 0. The van der Waals surface area contributed by atoms with Gasteiger partial charge in [-0.25, -0.2) is 0 Å². The van der Waals surface area contributed by atoms with Crippen molar-refractivity contribution < 1.29 is 0 Å². The number of rotatable bonds is 2. The lowest BCUT2D eigenvalue weighted by molar-refractivity contribution is 0.340. The first-order valence-corrected chi connectivity index (χ1v) is 4.10. The molecule has 1 aliphatic rings. The van der Waals surface area contributed by atoms with Gasteiger partial charge in [-0.05, 0) is 39.3 Å². The number of hydrogen-bond acceptors (Lipinski definition) is 1. The van der Waals surface area contributed by atoms with E-state index in [9.17, 15) is 0 Å². The lowest BCUT2D eigenvalue weighted by atomic mass is 9.96. The van der Waals surface area contributed by atoms with Gasteiger partial charge in [0.2, 0.25) is 0 Å². The highest BCUT2D eigenvalue weighted by Gasteiger charge is 2.07. The second-order valence-corrected chi connectivity index (χ2v) is 3.38. The Morgan fingerprint density at radius 3 is 2.80 bits per heavy atom. The van der Waals surface area contributed by atoms with Crippen LogP contribution in [0.2, 0.25) is 0 Å². The fraction of sp³-hybridized carbons (Fsp3) is 0.778. The summed E-state index contributed by atoms with van der Waals surface area (Å²) in [5.41, 5.74) is 0. The minimum Gasteiger partial charge on any atom is -0.309 e. The zero-order valence-corrected chi connectivity index (χ0v) is 7.01. The van der Waals surface area contributed by atoms with Crippen LogP contribution in [0.4, 0.5) is 0 Å². The van der Waals surface area contributed by atoms with Gasteiger partial charge in [-0.3, -0.25) is 0 Å². The summed E-state index contributed by atoms with van der Waals surface area (Å²) in [4.78, 5) is 2.26. The van der Waals surface area contributed by atoms with Crippen molar-refractivity contribution in [2.24, 2.45) is 5.92 Å². The van der Waals surface area contributed by atoms with Crippen LogP contribution in [0.5, 0.6) is 0 Å². The highest BCUT2D eigenvalue weighted by molar-refractivity contribution is 4.93. The molecule has 0 saturated heterocycles. The van der Waals surface area contributed by atoms with Crippen LogP contribution in [0.1, 0.15) is 19.3 Å². The summed E-state index contributed by atoms with van der Waals surface area (Å²) in [7, 11) is 4.28. The van der Waals surface area contributed by atoms with Gasteiger partial charge in [0, 0.05) is 6.54 Å². The largest absolute Gasteiger partial charge is 0.309 e. The minimum absolute atomic E-state index is 0.823. The summed E-state index contributed by atoms with van der Waals surface area (Å²) >= 11 is 0. The van der Waals surface area contributed by atoms with Crippen LogP contribution in [0.25, 0.3) is 0 Å². The minimum atomic E-state index is 0.823. The van der Waals surface area contributed by atoms with E-state index in [1.165, 1.54) is 25.8 Å². The topological polar surface area (TPSA) is 3.24 Å². The van der Waals surface area contributed by atoms with Crippen LogP contribution in [-0.4, -0.2) is 25.5 Å². The van der Waals surface area contributed by atoms with Gasteiger partial charge in [0.05, 0.1) is 0 Å². The first kappa shape index (κ1) is 7.80. The Balaban J connectivity index is 2.26. The van der Waals surface area contributed by atoms with Crippen LogP contribution in [-0.2, 0) is 0 Å². The zero-order valence-electron chi connectivity index (χ0n) is 7.01. The highest BCUT2D eigenvalue weighted by Crippen LogP contribution is 2.16. The van der Waals surface area contributed by atoms with Crippen molar-refractivity contribution >= 4 is 0 Å². The third kappa shape index (κ3) is 2.53. The molecule has 1 heteroatoms. The zero-order chi connectivity index (χ0) is 7.40. The van der Waals surface area contributed by atoms with Gasteiger partial charge >= 0.3 is 0 Å². The van der Waals surface area contributed by atoms with Gasteiger partial charge in [0.25, 0.3) is 0 Å². The third-order valence-corrected chi connectivity index (χ3v) is 1.95. The standard InChI is InChI=1S/C9H17N/c1-10(2)8-9-6-4-3-5-7-9/h4,6,9H,3,5,7-8H2,1-2H3. The average molecular weight is 139 g/mol. The van der Waals surface area contributed by atoms with E-state index >= 15 is 0 Å². The molecule has 1 unspecified atom stereocenters. The van der Waals surface area contributed by atoms with Crippen molar-refractivity contribution in [3.8, 4) is 0 Å². The molecule has 0 radical (unpaired) electrons. The summed E-state index contributed by atoms with van der Waals surface area (Å²) in [6.45, 7) is 1.22. The fourth-order valence-corrected chi connectivity index (χ4v) is 1.50. The van der Waals surface area contributed by atoms with Crippen molar-refractivity contribution in [3.05, 3.63) is 12.2 Å². The maximum absolute atomic E-state index is 2.36. The van der Waals surface area contributed by atoms with Gasteiger partial charge in [0.1, 0.15) is 0 Å². The summed E-state index contributed by atoms with van der Waals surface area (Å²) in [5.74, 6) is 0.823. The monoisotopic (exact) mass is 139 g/mol. The molecule has 1 aliphatic carbocycles. The smallest absolute Gasteiger partial charge is 0.00382 e. The van der Waals surface area contributed by atoms with E-state index in [1.807, 2.05) is 0 Å². The molecule has 1 rings (SSSR count). The average Bonchev–Trinajstić information content (AvgIpc) is 1.88. The van der Waals surface area contributed by atoms with Gasteiger partial charge in [-0.15, -0.1) is 0 Å². The Morgan fingerprint density at radius 1 is 1.50 bits per heavy atom. The molecule has 0 aliphatic heterocycles. The van der Waals surface area contributed by atoms with E-state index in [2.05, 4.69) is 31.1 Å². The Hall–Kier alpha value is -0.300. The summed E-state index contributed by atoms with van der Waals surface area (Å²) in [5, 5.41) is 0.